The third kappa shape index (κ3) is 5.53. The van der Waals surface area contributed by atoms with E-state index < -0.39 is 15.8 Å². The summed E-state index contributed by atoms with van der Waals surface area (Å²) in [4.78, 5) is 4.53. The molecule has 152 valence electrons. The Morgan fingerprint density at radius 1 is 1.00 bits per heavy atom. The maximum atomic E-state index is 13.6. The monoisotopic (exact) mass is 405 g/mol. The van der Waals surface area contributed by atoms with Crippen molar-refractivity contribution in [2.75, 3.05) is 44.2 Å². The summed E-state index contributed by atoms with van der Waals surface area (Å²) in [7, 11) is -3.78. The maximum Gasteiger partial charge on any atom is 0.243 e. The van der Waals surface area contributed by atoms with Gasteiger partial charge in [0, 0.05) is 38.4 Å². The molecule has 1 heterocycles. The predicted molar refractivity (Wildman–Crippen MR) is 111 cm³/mol. The molecule has 2 aromatic carbocycles. The normalized spacial score (nSPS) is 15.7. The largest absolute Gasteiger partial charge is 0.369 e. The predicted octanol–water partition coefficient (Wildman–Crippen LogP) is 3.01. The minimum atomic E-state index is -3.78. The fourth-order valence-electron chi connectivity index (χ4n) is 3.46. The number of anilines is 1. The first kappa shape index (κ1) is 20.8. The number of nitrogens with one attached hydrogen (secondary N) is 1. The number of unbranched alkanes of at least 4 members (excludes halogenated alkanes) is 1. The van der Waals surface area contributed by atoms with Crippen LogP contribution in [-0.4, -0.2) is 52.6 Å². The van der Waals surface area contributed by atoms with Gasteiger partial charge in [-0.25, -0.2) is 17.5 Å². The van der Waals surface area contributed by atoms with Gasteiger partial charge >= 0.3 is 0 Å². The molecule has 2 aromatic rings. The molecule has 1 fully saturated rings. The number of hydrogen-bond donors (Lipinski definition) is 1. The maximum absolute atomic E-state index is 13.6. The molecule has 0 radical (unpaired) electrons. The van der Waals surface area contributed by atoms with Gasteiger partial charge in [-0.3, -0.25) is 4.90 Å². The summed E-state index contributed by atoms with van der Waals surface area (Å²) >= 11 is 0. The Labute approximate surface area is 167 Å². The highest BCUT2D eigenvalue weighted by molar-refractivity contribution is 7.89. The van der Waals surface area contributed by atoms with Crippen LogP contribution in [0.3, 0.4) is 0 Å². The van der Waals surface area contributed by atoms with Gasteiger partial charge in [-0.05, 0) is 56.1 Å². The Hall–Kier alpha value is -1.96. The van der Waals surface area contributed by atoms with Crippen molar-refractivity contribution in [1.82, 2.24) is 9.62 Å². The van der Waals surface area contributed by atoms with E-state index in [1.165, 1.54) is 29.4 Å². The van der Waals surface area contributed by atoms with E-state index >= 15 is 0 Å². The Morgan fingerprint density at radius 2 is 1.75 bits per heavy atom. The van der Waals surface area contributed by atoms with Gasteiger partial charge in [-0.15, -0.1) is 0 Å². The molecule has 1 aliphatic rings. The summed E-state index contributed by atoms with van der Waals surface area (Å²) in [6, 6.07) is 14.0. The molecule has 0 aromatic heterocycles. The Bertz CT molecular complexity index is 881. The molecule has 0 atom stereocenters. The fourth-order valence-corrected chi connectivity index (χ4v) is 4.61. The minimum Gasteiger partial charge on any atom is -0.369 e. The second-order valence-corrected chi connectivity index (χ2v) is 8.94. The minimum absolute atomic E-state index is 0.290. The number of piperazine rings is 1. The lowest BCUT2D eigenvalue weighted by Gasteiger charge is -2.36. The summed E-state index contributed by atoms with van der Waals surface area (Å²) < 4.78 is 40.4. The molecule has 1 N–H and O–H groups in total. The van der Waals surface area contributed by atoms with Gasteiger partial charge in [0.2, 0.25) is 10.0 Å². The Balaban J connectivity index is 1.36. The molecule has 7 heteroatoms. The second-order valence-electron chi connectivity index (χ2n) is 7.20. The van der Waals surface area contributed by atoms with Gasteiger partial charge in [0.1, 0.15) is 10.7 Å². The first-order valence-corrected chi connectivity index (χ1v) is 11.2. The average molecular weight is 406 g/mol. The fraction of sp³-hybridized carbons (Fsp3) is 0.429. The molecule has 3 rings (SSSR count). The van der Waals surface area contributed by atoms with Crippen LogP contribution in [0.5, 0.6) is 0 Å². The number of rotatable bonds is 8. The van der Waals surface area contributed by atoms with E-state index in [-0.39, 0.29) is 4.90 Å². The van der Waals surface area contributed by atoms with Crippen molar-refractivity contribution in [3.05, 3.63) is 59.9 Å². The number of benzene rings is 2. The van der Waals surface area contributed by atoms with Gasteiger partial charge in [0.25, 0.3) is 0 Å². The third-order valence-electron chi connectivity index (χ3n) is 5.06. The van der Waals surface area contributed by atoms with Gasteiger partial charge in [0.15, 0.2) is 0 Å². The number of hydrogen-bond acceptors (Lipinski definition) is 4. The lowest BCUT2D eigenvalue weighted by Crippen LogP contribution is -2.46. The Kier molecular flexibility index (Phi) is 7.04. The highest BCUT2D eigenvalue weighted by atomic mass is 32.2. The molecule has 0 amide bonds. The zero-order chi connectivity index (χ0) is 20.0. The van der Waals surface area contributed by atoms with Crippen LogP contribution >= 0.6 is 0 Å². The van der Waals surface area contributed by atoms with Crippen LogP contribution < -0.4 is 9.62 Å². The Morgan fingerprint density at radius 3 is 2.46 bits per heavy atom. The van der Waals surface area contributed by atoms with E-state index in [0.29, 0.717) is 6.54 Å². The van der Waals surface area contributed by atoms with Crippen LogP contribution in [0.4, 0.5) is 10.1 Å². The first-order chi connectivity index (χ1) is 13.5. The van der Waals surface area contributed by atoms with Crippen LogP contribution in [-0.2, 0) is 10.0 Å². The van der Waals surface area contributed by atoms with E-state index in [4.69, 9.17) is 0 Å². The highest BCUT2D eigenvalue weighted by Gasteiger charge is 2.19. The van der Waals surface area contributed by atoms with Gasteiger partial charge in [-0.2, -0.15) is 0 Å². The second kappa shape index (κ2) is 9.49. The van der Waals surface area contributed by atoms with E-state index in [1.54, 1.807) is 0 Å². The number of sulfonamides is 1. The molecular weight excluding hydrogens is 377 g/mol. The quantitative estimate of drug-likeness (QED) is 0.686. The molecule has 1 aliphatic heterocycles. The summed E-state index contributed by atoms with van der Waals surface area (Å²) in [6.07, 6.45) is 1.63. The highest BCUT2D eigenvalue weighted by Crippen LogP contribution is 2.18. The summed E-state index contributed by atoms with van der Waals surface area (Å²) in [6.45, 7) is 7.40. The lowest BCUT2D eigenvalue weighted by atomic mass is 10.2. The molecule has 0 unspecified atom stereocenters. The molecular formula is C21H28FN3O2S. The molecule has 0 spiro atoms. The molecule has 0 saturated carbocycles. The van der Waals surface area contributed by atoms with E-state index in [2.05, 4.69) is 45.7 Å². The van der Waals surface area contributed by atoms with E-state index in [1.807, 2.05) is 0 Å². The zero-order valence-electron chi connectivity index (χ0n) is 16.3. The number of aryl methyl sites for hydroxylation is 1. The van der Waals surface area contributed by atoms with Crippen LogP contribution in [0.2, 0.25) is 0 Å². The molecule has 28 heavy (non-hydrogen) atoms. The summed E-state index contributed by atoms with van der Waals surface area (Å²) in [5, 5.41) is 0. The first-order valence-electron chi connectivity index (χ1n) is 9.74. The van der Waals surface area contributed by atoms with Gasteiger partial charge in [-0.1, -0.05) is 24.3 Å². The van der Waals surface area contributed by atoms with Crippen LogP contribution in [0, 0.1) is 12.7 Å². The van der Waals surface area contributed by atoms with Gasteiger partial charge < -0.3 is 4.90 Å². The topological polar surface area (TPSA) is 52.6 Å². The van der Waals surface area contributed by atoms with Crippen molar-refractivity contribution < 1.29 is 12.8 Å². The van der Waals surface area contributed by atoms with Crippen LogP contribution in [0.15, 0.2) is 53.4 Å². The van der Waals surface area contributed by atoms with Crippen molar-refractivity contribution in [1.29, 1.82) is 0 Å². The summed E-state index contributed by atoms with van der Waals surface area (Å²) in [5.41, 5.74) is 2.56. The van der Waals surface area contributed by atoms with Crippen LogP contribution in [0.25, 0.3) is 0 Å². The van der Waals surface area contributed by atoms with Crippen molar-refractivity contribution >= 4 is 15.7 Å². The SMILES string of the molecule is Cc1cccc(N2CCN(CCCCNS(=O)(=O)c3ccccc3F)CC2)c1. The van der Waals surface area contributed by atoms with E-state index in [0.717, 1.165) is 51.6 Å². The van der Waals surface area contributed by atoms with Gasteiger partial charge in [0.05, 0.1) is 0 Å². The lowest BCUT2D eigenvalue weighted by molar-refractivity contribution is 0.253. The van der Waals surface area contributed by atoms with Crippen molar-refractivity contribution in [3.8, 4) is 0 Å². The number of halogens is 1. The third-order valence-corrected chi connectivity index (χ3v) is 6.55. The van der Waals surface area contributed by atoms with E-state index in [9.17, 15) is 12.8 Å². The summed E-state index contributed by atoms with van der Waals surface area (Å²) in [5.74, 6) is -0.721. The van der Waals surface area contributed by atoms with Crippen molar-refractivity contribution in [2.45, 2.75) is 24.7 Å². The standard InChI is InChI=1S/C21H28FN3O2S/c1-18-7-6-8-19(17-18)25-15-13-24(14-16-25)12-5-4-11-23-28(26,27)21-10-3-2-9-20(21)22/h2-3,6-10,17,23H,4-5,11-16H2,1H3. The van der Waals surface area contributed by atoms with Crippen LogP contribution in [0.1, 0.15) is 18.4 Å². The zero-order valence-corrected chi connectivity index (χ0v) is 17.1. The molecule has 1 saturated heterocycles. The molecule has 5 nitrogen and oxygen atoms in total. The average Bonchev–Trinajstić information content (AvgIpc) is 2.68. The van der Waals surface area contributed by atoms with Crippen molar-refractivity contribution in [2.24, 2.45) is 0 Å². The molecule has 0 bridgehead atoms. The molecule has 0 aliphatic carbocycles. The number of nitrogens with zero attached hydrogens (tertiary/aromatic N) is 2. The smallest absolute Gasteiger partial charge is 0.243 e. The van der Waals surface area contributed by atoms with Crippen molar-refractivity contribution in [3.63, 3.8) is 0 Å².